The fourth-order valence-corrected chi connectivity index (χ4v) is 3.15. The van der Waals surface area contributed by atoms with Crippen LogP contribution in [0.25, 0.3) is 0 Å². The third-order valence-corrected chi connectivity index (χ3v) is 3.94. The van der Waals surface area contributed by atoms with Crippen molar-refractivity contribution in [1.82, 2.24) is 5.32 Å². The maximum atomic E-state index is 12.2. The SMILES string of the molecule is CC(C)CC(C)NC(=O)C1CCCC(CCN)C1. The number of carbonyl (C=O) groups excluding carboxylic acids is 1. The van der Waals surface area contributed by atoms with E-state index in [2.05, 4.69) is 26.1 Å². The minimum absolute atomic E-state index is 0.227. The summed E-state index contributed by atoms with van der Waals surface area (Å²) in [5.74, 6) is 1.80. The summed E-state index contributed by atoms with van der Waals surface area (Å²) in [6.07, 6.45) is 6.67. The summed E-state index contributed by atoms with van der Waals surface area (Å²) >= 11 is 0. The molecule has 3 N–H and O–H groups in total. The second-order valence-electron chi connectivity index (χ2n) is 6.35. The zero-order valence-electron chi connectivity index (χ0n) is 12.2. The van der Waals surface area contributed by atoms with Gasteiger partial charge in [-0.25, -0.2) is 0 Å². The highest BCUT2D eigenvalue weighted by Gasteiger charge is 2.27. The Morgan fingerprint density at radius 3 is 2.67 bits per heavy atom. The molecule has 1 saturated carbocycles. The molecule has 1 rings (SSSR count). The van der Waals surface area contributed by atoms with Crippen LogP contribution in [0, 0.1) is 17.8 Å². The average molecular weight is 254 g/mol. The number of hydrogen-bond donors (Lipinski definition) is 2. The Kier molecular flexibility index (Phi) is 6.69. The Balaban J connectivity index is 2.36. The molecule has 0 heterocycles. The average Bonchev–Trinajstić information content (AvgIpc) is 2.28. The summed E-state index contributed by atoms with van der Waals surface area (Å²) in [6.45, 7) is 7.25. The molecule has 3 unspecified atom stereocenters. The summed E-state index contributed by atoms with van der Waals surface area (Å²) in [5, 5.41) is 3.17. The Labute approximate surface area is 112 Å². The number of nitrogens with one attached hydrogen (secondary N) is 1. The molecule has 106 valence electrons. The molecule has 3 nitrogen and oxygen atoms in total. The van der Waals surface area contributed by atoms with Gasteiger partial charge in [-0.2, -0.15) is 0 Å². The predicted octanol–water partition coefficient (Wildman–Crippen LogP) is 2.69. The van der Waals surface area contributed by atoms with Crippen molar-refractivity contribution in [3.8, 4) is 0 Å². The van der Waals surface area contributed by atoms with Crippen molar-refractivity contribution in [2.45, 2.75) is 65.3 Å². The van der Waals surface area contributed by atoms with Crippen molar-refractivity contribution in [2.75, 3.05) is 6.54 Å². The topological polar surface area (TPSA) is 55.1 Å². The minimum atomic E-state index is 0.227. The smallest absolute Gasteiger partial charge is 0.223 e. The molecule has 1 fully saturated rings. The van der Waals surface area contributed by atoms with Gasteiger partial charge in [-0.1, -0.05) is 26.7 Å². The van der Waals surface area contributed by atoms with Crippen LogP contribution < -0.4 is 11.1 Å². The summed E-state index contributed by atoms with van der Waals surface area (Å²) in [7, 11) is 0. The zero-order valence-corrected chi connectivity index (χ0v) is 12.2. The van der Waals surface area contributed by atoms with Crippen LogP contribution in [0.2, 0.25) is 0 Å². The van der Waals surface area contributed by atoms with E-state index in [1.807, 2.05) is 0 Å². The quantitative estimate of drug-likeness (QED) is 0.765. The Hall–Kier alpha value is -0.570. The molecule has 0 radical (unpaired) electrons. The first kappa shape index (κ1) is 15.5. The molecule has 3 atom stereocenters. The number of hydrogen-bond acceptors (Lipinski definition) is 2. The van der Waals surface area contributed by atoms with E-state index in [1.165, 1.54) is 12.8 Å². The summed E-state index contributed by atoms with van der Waals surface area (Å²) in [5.41, 5.74) is 5.62. The minimum Gasteiger partial charge on any atom is -0.353 e. The van der Waals surface area contributed by atoms with Crippen LogP contribution in [0.4, 0.5) is 0 Å². The molecule has 0 aliphatic heterocycles. The second-order valence-corrected chi connectivity index (χ2v) is 6.35. The van der Waals surface area contributed by atoms with Crippen LogP contribution in [0.3, 0.4) is 0 Å². The van der Waals surface area contributed by atoms with Gasteiger partial charge in [-0.05, 0) is 51.0 Å². The van der Waals surface area contributed by atoms with E-state index >= 15 is 0 Å². The largest absolute Gasteiger partial charge is 0.353 e. The fraction of sp³-hybridized carbons (Fsp3) is 0.933. The predicted molar refractivity (Wildman–Crippen MR) is 76.2 cm³/mol. The fourth-order valence-electron chi connectivity index (χ4n) is 3.15. The highest BCUT2D eigenvalue weighted by atomic mass is 16.1. The zero-order chi connectivity index (χ0) is 13.5. The van der Waals surface area contributed by atoms with E-state index in [0.29, 0.717) is 17.9 Å². The summed E-state index contributed by atoms with van der Waals surface area (Å²) < 4.78 is 0. The van der Waals surface area contributed by atoms with E-state index < -0.39 is 0 Å². The molecular weight excluding hydrogens is 224 g/mol. The molecule has 0 spiro atoms. The van der Waals surface area contributed by atoms with Crippen molar-refractivity contribution in [1.29, 1.82) is 0 Å². The summed E-state index contributed by atoms with van der Waals surface area (Å²) in [4.78, 5) is 12.2. The first-order valence-electron chi connectivity index (χ1n) is 7.53. The van der Waals surface area contributed by atoms with Crippen LogP contribution in [0.1, 0.15) is 59.3 Å². The Bertz CT molecular complexity index is 251. The highest BCUT2D eigenvalue weighted by molar-refractivity contribution is 5.79. The van der Waals surface area contributed by atoms with Crippen molar-refractivity contribution >= 4 is 5.91 Å². The van der Waals surface area contributed by atoms with Crippen molar-refractivity contribution in [2.24, 2.45) is 23.5 Å². The number of carbonyl (C=O) groups is 1. The lowest BCUT2D eigenvalue weighted by atomic mass is 9.79. The van der Waals surface area contributed by atoms with Gasteiger partial charge in [-0.15, -0.1) is 0 Å². The molecule has 0 saturated heterocycles. The molecule has 0 bridgehead atoms. The molecule has 18 heavy (non-hydrogen) atoms. The molecule has 1 amide bonds. The van der Waals surface area contributed by atoms with Crippen LogP contribution in [0.15, 0.2) is 0 Å². The molecule has 1 aliphatic carbocycles. The Morgan fingerprint density at radius 1 is 1.33 bits per heavy atom. The third kappa shape index (κ3) is 5.38. The van der Waals surface area contributed by atoms with Gasteiger partial charge in [-0.3, -0.25) is 4.79 Å². The van der Waals surface area contributed by atoms with Crippen LogP contribution >= 0.6 is 0 Å². The van der Waals surface area contributed by atoms with Gasteiger partial charge >= 0.3 is 0 Å². The molecule has 0 aromatic heterocycles. The molecule has 1 aliphatic rings. The third-order valence-electron chi connectivity index (χ3n) is 3.94. The van der Waals surface area contributed by atoms with Crippen molar-refractivity contribution in [3.63, 3.8) is 0 Å². The van der Waals surface area contributed by atoms with Gasteiger partial charge < -0.3 is 11.1 Å². The first-order valence-corrected chi connectivity index (χ1v) is 7.53. The van der Waals surface area contributed by atoms with E-state index in [0.717, 1.165) is 32.2 Å². The van der Waals surface area contributed by atoms with Gasteiger partial charge in [0.2, 0.25) is 5.91 Å². The highest BCUT2D eigenvalue weighted by Crippen LogP contribution is 2.31. The first-order chi connectivity index (χ1) is 8.52. The van der Waals surface area contributed by atoms with Gasteiger partial charge in [0.05, 0.1) is 0 Å². The molecule has 0 aromatic carbocycles. The lowest BCUT2D eigenvalue weighted by Gasteiger charge is -2.29. The summed E-state index contributed by atoms with van der Waals surface area (Å²) in [6, 6.07) is 0.299. The van der Waals surface area contributed by atoms with Gasteiger partial charge in [0.1, 0.15) is 0 Å². The van der Waals surface area contributed by atoms with Gasteiger partial charge in [0, 0.05) is 12.0 Å². The van der Waals surface area contributed by atoms with E-state index in [4.69, 9.17) is 5.73 Å². The lowest BCUT2D eigenvalue weighted by Crippen LogP contribution is -2.39. The molecule has 3 heteroatoms. The molecule has 0 aromatic rings. The Morgan fingerprint density at radius 2 is 2.06 bits per heavy atom. The van der Waals surface area contributed by atoms with Crippen LogP contribution in [0.5, 0.6) is 0 Å². The van der Waals surface area contributed by atoms with Crippen molar-refractivity contribution < 1.29 is 4.79 Å². The number of rotatable bonds is 6. The van der Waals surface area contributed by atoms with E-state index in [9.17, 15) is 4.79 Å². The monoisotopic (exact) mass is 254 g/mol. The van der Waals surface area contributed by atoms with Gasteiger partial charge in [0.15, 0.2) is 0 Å². The van der Waals surface area contributed by atoms with Crippen molar-refractivity contribution in [3.05, 3.63) is 0 Å². The van der Waals surface area contributed by atoms with E-state index in [1.54, 1.807) is 0 Å². The lowest BCUT2D eigenvalue weighted by molar-refractivity contribution is -0.127. The standard InChI is InChI=1S/C15H30N2O/c1-11(2)9-12(3)17-15(18)14-6-4-5-13(10-14)7-8-16/h11-14H,4-10,16H2,1-3H3,(H,17,18). The normalized spacial score (nSPS) is 26.1. The van der Waals surface area contributed by atoms with E-state index in [-0.39, 0.29) is 11.8 Å². The number of amides is 1. The maximum Gasteiger partial charge on any atom is 0.223 e. The van der Waals surface area contributed by atoms with Gasteiger partial charge in [0.25, 0.3) is 0 Å². The maximum absolute atomic E-state index is 12.2. The van der Waals surface area contributed by atoms with Crippen LogP contribution in [-0.2, 0) is 4.79 Å². The van der Waals surface area contributed by atoms with Crippen LogP contribution in [-0.4, -0.2) is 18.5 Å². The molecular formula is C15H30N2O. The second kappa shape index (κ2) is 7.78. The number of nitrogens with two attached hydrogens (primary N) is 1.